The molecule has 0 spiro atoms. The van der Waals surface area contributed by atoms with E-state index in [0.29, 0.717) is 11.3 Å². The molecule has 4 nitrogen and oxygen atoms in total. The molecule has 4 heteroatoms. The zero-order valence-electron chi connectivity index (χ0n) is 11.0. The molecule has 98 valence electrons. The minimum absolute atomic E-state index is 0.111. The number of Topliss-reactive ketones (excluding diaryl/α,β-unsaturated/α-hetero) is 1. The van der Waals surface area contributed by atoms with Gasteiger partial charge in [0, 0.05) is 11.6 Å². The number of ketones is 1. The number of aromatic hydroxyl groups is 1. The summed E-state index contributed by atoms with van der Waals surface area (Å²) < 4.78 is 5.12. The van der Waals surface area contributed by atoms with Gasteiger partial charge in [-0.2, -0.15) is 0 Å². The molecule has 0 amide bonds. The van der Waals surface area contributed by atoms with Crippen molar-refractivity contribution in [2.24, 2.45) is 0 Å². The van der Waals surface area contributed by atoms with Gasteiger partial charge in [-0.3, -0.25) is 4.79 Å². The Balaban J connectivity index is 3.29. The van der Waals surface area contributed by atoms with Gasteiger partial charge in [0.2, 0.25) is 0 Å². The summed E-state index contributed by atoms with van der Waals surface area (Å²) in [6.45, 7) is 4.66. The lowest BCUT2D eigenvalue weighted by molar-refractivity contribution is 0.101. The number of phenolic OH excluding ortho intramolecular Hbond substituents is 1. The summed E-state index contributed by atoms with van der Waals surface area (Å²) in [5, 5.41) is 19.3. The fourth-order valence-electron chi connectivity index (χ4n) is 1.47. The van der Waals surface area contributed by atoms with Crippen LogP contribution in [0.15, 0.2) is 18.2 Å². The number of methoxy groups -OCH3 is 1. The van der Waals surface area contributed by atoms with E-state index in [9.17, 15) is 15.0 Å². The van der Waals surface area contributed by atoms with Gasteiger partial charge in [0.15, 0.2) is 5.78 Å². The van der Waals surface area contributed by atoms with Crippen LogP contribution in [0.3, 0.4) is 0 Å². The summed E-state index contributed by atoms with van der Waals surface area (Å²) in [5.41, 5.74) is -0.104. The largest absolute Gasteiger partial charge is 0.507 e. The standard InChI is InChI=1S/C14H18O4/c1-9(15)11-7-10(5-6-14(2,3)17)13(18-4)8-12(11)16/h5-8,16-17H,1-4H3. The number of carbonyl (C=O) groups is 1. The molecular formula is C14H18O4. The number of phenols is 1. The zero-order chi connectivity index (χ0) is 13.9. The van der Waals surface area contributed by atoms with E-state index in [-0.39, 0.29) is 17.1 Å². The molecule has 1 aromatic carbocycles. The number of benzene rings is 1. The zero-order valence-corrected chi connectivity index (χ0v) is 11.0. The van der Waals surface area contributed by atoms with Crippen LogP contribution < -0.4 is 4.74 Å². The van der Waals surface area contributed by atoms with Crippen molar-refractivity contribution in [2.75, 3.05) is 7.11 Å². The fourth-order valence-corrected chi connectivity index (χ4v) is 1.47. The summed E-state index contributed by atoms with van der Waals surface area (Å²) in [6, 6.07) is 2.93. The van der Waals surface area contributed by atoms with Crippen LogP contribution >= 0.6 is 0 Å². The van der Waals surface area contributed by atoms with Crippen LogP contribution in [-0.2, 0) is 0 Å². The highest BCUT2D eigenvalue weighted by Gasteiger charge is 2.13. The lowest BCUT2D eigenvalue weighted by Gasteiger charge is -2.12. The van der Waals surface area contributed by atoms with Crippen molar-refractivity contribution >= 4 is 11.9 Å². The number of ether oxygens (including phenoxy) is 1. The van der Waals surface area contributed by atoms with Crippen LogP contribution in [0, 0.1) is 0 Å². The van der Waals surface area contributed by atoms with Gasteiger partial charge >= 0.3 is 0 Å². The second-order valence-electron chi connectivity index (χ2n) is 4.65. The van der Waals surface area contributed by atoms with E-state index in [1.54, 1.807) is 32.1 Å². The van der Waals surface area contributed by atoms with Gasteiger partial charge in [-0.25, -0.2) is 0 Å². The van der Waals surface area contributed by atoms with Crippen LogP contribution in [-0.4, -0.2) is 28.7 Å². The predicted octanol–water partition coefficient (Wildman–Crippen LogP) is 2.39. The monoisotopic (exact) mass is 250 g/mol. The van der Waals surface area contributed by atoms with Crippen molar-refractivity contribution in [3.8, 4) is 11.5 Å². The Kier molecular flexibility index (Phi) is 4.14. The average molecular weight is 250 g/mol. The molecule has 0 aromatic heterocycles. The number of hydrogen-bond acceptors (Lipinski definition) is 4. The molecule has 0 bridgehead atoms. The number of rotatable bonds is 4. The molecule has 0 aliphatic heterocycles. The van der Waals surface area contributed by atoms with Crippen LogP contribution in [0.1, 0.15) is 36.7 Å². The third kappa shape index (κ3) is 3.60. The summed E-state index contributed by atoms with van der Waals surface area (Å²) in [4.78, 5) is 11.3. The summed E-state index contributed by atoms with van der Waals surface area (Å²) in [7, 11) is 1.48. The van der Waals surface area contributed by atoms with Crippen LogP contribution in [0.5, 0.6) is 11.5 Å². The molecule has 18 heavy (non-hydrogen) atoms. The minimum atomic E-state index is -0.959. The average Bonchev–Trinajstić information content (AvgIpc) is 2.25. The molecule has 0 atom stereocenters. The molecule has 1 rings (SSSR count). The Morgan fingerprint density at radius 2 is 2.00 bits per heavy atom. The van der Waals surface area contributed by atoms with E-state index in [1.807, 2.05) is 0 Å². The Morgan fingerprint density at radius 3 is 2.44 bits per heavy atom. The highest BCUT2D eigenvalue weighted by molar-refractivity contribution is 5.97. The molecule has 0 saturated heterocycles. The predicted molar refractivity (Wildman–Crippen MR) is 70.0 cm³/mol. The van der Waals surface area contributed by atoms with E-state index in [4.69, 9.17) is 4.74 Å². The second-order valence-corrected chi connectivity index (χ2v) is 4.65. The summed E-state index contributed by atoms with van der Waals surface area (Å²) >= 11 is 0. The van der Waals surface area contributed by atoms with Gasteiger partial charge < -0.3 is 14.9 Å². The molecule has 0 aliphatic carbocycles. The second kappa shape index (κ2) is 5.23. The quantitative estimate of drug-likeness (QED) is 0.805. The number of aliphatic hydroxyl groups is 1. The molecule has 0 saturated carbocycles. The van der Waals surface area contributed by atoms with Crippen LogP contribution in [0.4, 0.5) is 0 Å². The van der Waals surface area contributed by atoms with E-state index in [1.165, 1.54) is 20.1 Å². The molecule has 0 unspecified atom stereocenters. The van der Waals surface area contributed by atoms with Crippen molar-refractivity contribution in [1.82, 2.24) is 0 Å². The van der Waals surface area contributed by atoms with Crippen molar-refractivity contribution < 1.29 is 19.7 Å². The maximum absolute atomic E-state index is 11.3. The first-order chi connectivity index (χ1) is 8.24. The van der Waals surface area contributed by atoms with E-state index in [2.05, 4.69) is 0 Å². The third-order valence-electron chi connectivity index (χ3n) is 2.40. The Labute approximate surface area is 107 Å². The van der Waals surface area contributed by atoms with Gasteiger partial charge in [-0.05, 0) is 26.8 Å². The van der Waals surface area contributed by atoms with Crippen LogP contribution in [0.25, 0.3) is 6.08 Å². The van der Waals surface area contributed by atoms with Crippen molar-refractivity contribution in [3.05, 3.63) is 29.3 Å². The molecule has 0 aliphatic rings. The highest BCUT2D eigenvalue weighted by atomic mass is 16.5. The van der Waals surface area contributed by atoms with Crippen molar-refractivity contribution in [1.29, 1.82) is 0 Å². The molecule has 0 radical (unpaired) electrons. The Morgan fingerprint density at radius 1 is 1.39 bits per heavy atom. The Hall–Kier alpha value is -1.81. The maximum atomic E-state index is 11.3. The van der Waals surface area contributed by atoms with Crippen molar-refractivity contribution in [2.45, 2.75) is 26.4 Å². The number of carbonyl (C=O) groups excluding carboxylic acids is 1. The summed E-state index contributed by atoms with van der Waals surface area (Å²) in [5.74, 6) is 0.103. The molecule has 1 aromatic rings. The lowest BCUT2D eigenvalue weighted by atomic mass is 10.0. The minimum Gasteiger partial charge on any atom is -0.507 e. The van der Waals surface area contributed by atoms with Gasteiger partial charge in [0.25, 0.3) is 0 Å². The molecule has 0 heterocycles. The smallest absolute Gasteiger partial charge is 0.163 e. The normalized spacial score (nSPS) is 11.8. The Bertz CT molecular complexity index is 481. The van der Waals surface area contributed by atoms with Gasteiger partial charge in [-0.15, -0.1) is 0 Å². The topological polar surface area (TPSA) is 66.8 Å². The fraction of sp³-hybridized carbons (Fsp3) is 0.357. The number of hydrogen-bond donors (Lipinski definition) is 2. The third-order valence-corrected chi connectivity index (χ3v) is 2.40. The van der Waals surface area contributed by atoms with E-state index >= 15 is 0 Å². The molecular weight excluding hydrogens is 232 g/mol. The first-order valence-electron chi connectivity index (χ1n) is 5.58. The lowest BCUT2D eigenvalue weighted by Crippen LogP contribution is -2.13. The van der Waals surface area contributed by atoms with Crippen molar-refractivity contribution in [3.63, 3.8) is 0 Å². The van der Waals surface area contributed by atoms with Crippen LogP contribution in [0.2, 0.25) is 0 Å². The first kappa shape index (κ1) is 14.3. The van der Waals surface area contributed by atoms with Gasteiger partial charge in [-0.1, -0.05) is 12.2 Å². The SMILES string of the molecule is COc1cc(O)c(C(C)=O)cc1C=CC(C)(C)O. The van der Waals surface area contributed by atoms with Gasteiger partial charge in [0.05, 0.1) is 18.3 Å². The highest BCUT2D eigenvalue weighted by Crippen LogP contribution is 2.30. The maximum Gasteiger partial charge on any atom is 0.163 e. The summed E-state index contributed by atoms with van der Waals surface area (Å²) in [6.07, 6.45) is 3.25. The molecule has 2 N–H and O–H groups in total. The molecule has 0 fully saturated rings. The van der Waals surface area contributed by atoms with E-state index in [0.717, 1.165) is 0 Å². The van der Waals surface area contributed by atoms with E-state index < -0.39 is 5.60 Å². The van der Waals surface area contributed by atoms with Gasteiger partial charge in [0.1, 0.15) is 11.5 Å². The first-order valence-corrected chi connectivity index (χ1v) is 5.58.